The molecule has 0 aromatic heterocycles. The van der Waals surface area contributed by atoms with Gasteiger partial charge in [0.05, 0.1) is 0 Å². The van der Waals surface area contributed by atoms with Gasteiger partial charge >= 0.3 is 0 Å². The fourth-order valence-corrected chi connectivity index (χ4v) is 3.01. The summed E-state index contributed by atoms with van der Waals surface area (Å²) < 4.78 is 0. The van der Waals surface area contributed by atoms with Gasteiger partial charge in [0.15, 0.2) is 0 Å². The lowest BCUT2D eigenvalue weighted by molar-refractivity contribution is 0.537. The molecule has 2 fully saturated rings. The van der Waals surface area contributed by atoms with Crippen molar-refractivity contribution in [2.75, 3.05) is 6.54 Å². The molecule has 1 heteroatoms. The van der Waals surface area contributed by atoms with Crippen molar-refractivity contribution < 1.29 is 0 Å². The van der Waals surface area contributed by atoms with E-state index in [-0.39, 0.29) is 0 Å². The predicted octanol–water partition coefficient (Wildman–Crippen LogP) is 3.11. The van der Waals surface area contributed by atoms with Crippen molar-refractivity contribution in [1.29, 1.82) is 0 Å². The first-order valence-corrected chi connectivity index (χ1v) is 6.64. The van der Waals surface area contributed by atoms with Crippen LogP contribution < -0.4 is 5.32 Å². The Balaban J connectivity index is 1.67. The zero-order valence-corrected chi connectivity index (χ0v) is 10.1. The molecular weight excluding hydrogens is 194 g/mol. The molecule has 1 aromatic rings. The normalized spacial score (nSPS) is 32.7. The average molecular weight is 215 g/mol. The van der Waals surface area contributed by atoms with Crippen molar-refractivity contribution in [2.45, 2.75) is 44.1 Å². The molecule has 3 rings (SSSR count). The fraction of sp³-hybridized carbons (Fsp3) is 0.600. The third-order valence-corrected chi connectivity index (χ3v) is 4.44. The van der Waals surface area contributed by atoms with Gasteiger partial charge in [0, 0.05) is 6.04 Å². The summed E-state index contributed by atoms with van der Waals surface area (Å²) in [6.07, 6.45) is 5.47. The molecular formula is C15H21N. The highest BCUT2D eigenvalue weighted by molar-refractivity contribution is 5.33. The van der Waals surface area contributed by atoms with Gasteiger partial charge in [-0.25, -0.2) is 0 Å². The van der Waals surface area contributed by atoms with Gasteiger partial charge in [0.1, 0.15) is 0 Å². The highest BCUT2D eigenvalue weighted by atomic mass is 15.0. The minimum atomic E-state index is 0.503. The lowest BCUT2D eigenvalue weighted by Crippen LogP contribution is -2.23. The van der Waals surface area contributed by atoms with Crippen LogP contribution in [0.2, 0.25) is 0 Å². The van der Waals surface area contributed by atoms with Gasteiger partial charge in [-0.1, -0.05) is 37.3 Å². The fourth-order valence-electron chi connectivity index (χ4n) is 3.01. The SMILES string of the molecule is CCC1(c2ccccc2)CC1CNC1CC1. The van der Waals surface area contributed by atoms with E-state index < -0.39 is 0 Å². The summed E-state index contributed by atoms with van der Waals surface area (Å²) in [5, 5.41) is 3.68. The van der Waals surface area contributed by atoms with Crippen molar-refractivity contribution in [2.24, 2.45) is 5.92 Å². The van der Waals surface area contributed by atoms with Crippen LogP contribution in [0, 0.1) is 5.92 Å². The van der Waals surface area contributed by atoms with Gasteiger partial charge in [0.25, 0.3) is 0 Å². The van der Waals surface area contributed by atoms with Crippen LogP contribution >= 0.6 is 0 Å². The van der Waals surface area contributed by atoms with Crippen LogP contribution in [0.25, 0.3) is 0 Å². The summed E-state index contributed by atoms with van der Waals surface area (Å²) in [5.41, 5.74) is 2.06. The topological polar surface area (TPSA) is 12.0 Å². The molecule has 0 heterocycles. The predicted molar refractivity (Wildman–Crippen MR) is 67.5 cm³/mol. The van der Waals surface area contributed by atoms with Crippen LogP contribution in [-0.2, 0) is 5.41 Å². The zero-order valence-electron chi connectivity index (χ0n) is 10.1. The summed E-state index contributed by atoms with van der Waals surface area (Å²) in [5.74, 6) is 0.875. The van der Waals surface area contributed by atoms with Gasteiger partial charge in [0.2, 0.25) is 0 Å². The highest BCUT2D eigenvalue weighted by Gasteiger charge is 2.53. The van der Waals surface area contributed by atoms with Crippen molar-refractivity contribution in [1.82, 2.24) is 5.32 Å². The molecule has 1 nitrogen and oxygen atoms in total. The minimum absolute atomic E-state index is 0.503. The van der Waals surface area contributed by atoms with Gasteiger partial charge in [-0.15, -0.1) is 0 Å². The quantitative estimate of drug-likeness (QED) is 0.796. The monoisotopic (exact) mass is 215 g/mol. The molecule has 0 bridgehead atoms. The Morgan fingerprint density at radius 2 is 2.00 bits per heavy atom. The Bertz CT molecular complexity index is 355. The van der Waals surface area contributed by atoms with Gasteiger partial charge < -0.3 is 5.32 Å². The standard InChI is InChI=1S/C15H21N/c1-2-15(12-6-4-3-5-7-12)10-13(15)11-16-14-8-9-14/h3-7,13-14,16H,2,8-11H2,1H3. The Morgan fingerprint density at radius 1 is 1.25 bits per heavy atom. The first-order valence-electron chi connectivity index (χ1n) is 6.64. The number of rotatable bonds is 5. The second kappa shape index (κ2) is 3.89. The van der Waals surface area contributed by atoms with Crippen LogP contribution in [0.1, 0.15) is 38.2 Å². The molecule has 2 aliphatic carbocycles. The molecule has 2 unspecified atom stereocenters. The number of hydrogen-bond acceptors (Lipinski definition) is 1. The highest BCUT2D eigenvalue weighted by Crippen LogP contribution is 2.56. The Hall–Kier alpha value is -0.820. The number of benzene rings is 1. The van der Waals surface area contributed by atoms with Gasteiger partial charge in [-0.05, 0) is 49.1 Å². The lowest BCUT2D eigenvalue weighted by atomic mass is 9.90. The molecule has 86 valence electrons. The summed E-state index contributed by atoms with van der Waals surface area (Å²) in [7, 11) is 0. The average Bonchev–Trinajstić information content (AvgIpc) is 3.23. The van der Waals surface area contributed by atoms with E-state index in [1.54, 1.807) is 5.56 Å². The smallest absolute Gasteiger partial charge is 0.00683 e. The van der Waals surface area contributed by atoms with E-state index >= 15 is 0 Å². The molecule has 2 atom stereocenters. The van der Waals surface area contributed by atoms with E-state index in [1.807, 2.05) is 0 Å². The van der Waals surface area contributed by atoms with E-state index in [0.717, 1.165) is 12.0 Å². The molecule has 0 spiro atoms. The maximum absolute atomic E-state index is 3.68. The van der Waals surface area contributed by atoms with E-state index in [4.69, 9.17) is 0 Å². The molecule has 2 aliphatic rings. The summed E-state index contributed by atoms with van der Waals surface area (Å²) in [6.45, 7) is 3.57. The molecule has 16 heavy (non-hydrogen) atoms. The van der Waals surface area contributed by atoms with E-state index in [9.17, 15) is 0 Å². The summed E-state index contributed by atoms with van der Waals surface area (Å²) >= 11 is 0. The minimum Gasteiger partial charge on any atom is -0.314 e. The zero-order chi connectivity index (χ0) is 11.0. The van der Waals surface area contributed by atoms with Crippen LogP contribution in [0.5, 0.6) is 0 Å². The van der Waals surface area contributed by atoms with Crippen LogP contribution in [0.15, 0.2) is 30.3 Å². The number of nitrogens with one attached hydrogen (secondary N) is 1. The molecule has 1 aromatic carbocycles. The van der Waals surface area contributed by atoms with E-state index in [1.165, 1.54) is 32.2 Å². The van der Waals surface area contributed by atoms with E-state index in [2.05, 4.69) is 42.6 Å². The van der Waals surface area contributed by atoms with Crippen molar-refractivity contribution in [3.8, 4) is 0 Å². The number of hydrogen-bond donors (Lipinski definition) is 1. The molecule has 1 N–H and O–H groups in total. The third kappa shape index (κ3) is 1.78. The maximum Gasteiger partial charge on any atom is 0.00683 e. The summed E-state index contributed by atoms with van der Waals surface area (Å²) in [6, 6.07) is 11.9. The second-order valence-corrected chi connectivity index (χ2v) is 5.46. The molecule has 0 amide bonds. The Labute approximate surface area is 98.3 Å². The summed E-state index contributed by atoms with van der Waals surface area (Å²) in [4.78, 5) is 0. The van der Waals surface area contributed by atoms with Crippen LogP contribution in [0.4, 0.5) is 0 Å². The van der Waals surface area contributed by atoms with Crippen molar-refractivity contribution in [3.63, 3.8) is 0 Å². The molecule has 2 saturated carbocycles. The Kier molecular flexibility index (Phi) is 2.51. The van der Waals surface area contributed by atoms with Gasteiger partial charge in [-0.3, -0.25) is 0 Å². The van der Waals surface area contributed by atoms with Gasteiger partial charge in [-0.2, -0.15) is 0 Å². The van der Waals surface area contributed by atoms with E-state index in [0.29, 0.717) is 5.41 Å². The third-order valence-electron chi connectivity index (χ3n) is 4.44. The van der Waals surface area contributed by atoms with Crippen LogP contribution in [0.3, 0.4) is 0 Å². The lowest BCUT2D eigenvalue weighted by Gasteiger charge is -2.16. The Morgan fingerprint density at radius 3 is 2.62 bits per heavy atom. The van der Waals surface area contributed by atoms with Crippen LogP contribution in [-0.4, -0.2) is 12.6 Å². The first-order chi connectivity index (χ1) is 7.85. The molecule has 0 saturated heterocycles. The molecule has 0 radical (unpaired) electrons. The maximum atomic E-state index is 3.68. The molecule has 0 aliphatic heterocycles. The second-order valence-electron chi connectivity index (χ2n) is 5.46. The largest absolute Gasteiger partial charge is 0.314 e. The van der Waals surface area contributed by atoms with Crippen molar-refractivity contribution >= 4 is 0 Å². The first kappa shape index (κ1) is 10.3. The van der Waals surface area contributed by atoms with Crippen molar-refractivity contribution in [3.05, 3.63) is 35.9 Å².